The molecule has 196 valence electrons. The second kappa shape index (κ2) is 15.8. The number of ketones is 1. The lowest BCUT2D eigenvalue weighted by atomic mass is 9.81. The summed E-state index contributed by atoms with van der Waals surface area (Å²) < 4.78 is 0. The van der Waals surface area contributed by atoms with Gasteiger partial charge in [-0.3, -0.25) is 9.79 Å². The molecule has 0 aliphatic carbocycles. The average Bonchev–Trinajstić information content (AvgIpc) is 3.01. The summed E-state index contributed by atoms with van der Waals surface area (Å²) in [6.07, 6.45) is 4.70. The van der Waals surface area contributed by atoms with Crippen LogP contribution in [0.25, 0.3) is 5.57 Å². The Balaban J connectivity index is 0.00000190. The van der Waals surface area contributed by atoms with Crippen molar-refractivity contribution in [1.82, 2.24) is 0 Å². The molecule has 0 bridgehead atoms. The van der Waals surface area contributed by atoms with Crippen LogP contribution in [0.3, 0.4) is 0 Å². The van der Waals surface area contributed by atoms with Gasteiger partial charge < -0.3 is 9.90 Å². The van der Waals surface area contributed by atoms with Crippen molar-refractivity contribution in [3.05, 3.63) is 88.0 Å². The molecule has 0 aromatic heterocycles. The first-order valence-electron chi connectivity index (χ1n) is 12.8. The summed E-state index contributed by atoms with van der Waals surface area (Å²) >= 11 is 0. The average molecular weight is 492 g/mol. The van der Waals surface area contributed by atoms with Gasteiger partial charge in [-0.05, 0) is 76.0 Å². The van der Waals surface area contributed by atoms with Crippen molar-refractivity contribution >= 4 is 23.4 Å². The lowest BCUT2D eigenvalue weighted by Gasteiger charge is -2.21. The third-order valence-corrected chi connectivity index (χ3v) is 5.66. The predicted octanol–water partition coefficient (Wildman–Crippen LogP) is 7.29. The number of carbonyl (C=O) groups excluding carboxylic acids is 2. The van der Waals surface area contributed by atoms with Crippen molar-refractivity contribution in [2.24, 2.45) is 4.99 Å². The minimum absolute atomic E-state index is 0.00360. The number of aliphatic hydroxyl groups excluding tert-OH is 1. The molecule has 1 aliphatic heterocycles. The number of fused-ring (bicyclic) bond motifs is 1. The number of aldehydes is 1. The highest BCUT2D eigenvalue weighted by atomic mass is 16.2. The fraction of sp³-hybridized carbons (Fsp3) is 0.406. The lowest BCUT2D eigenvalue weighted by Crippen LogP contribution is -2.19. The molecule has 0 saturated heterocycles. The Kier molecular flexibility index (Phi) is 14.4. The van der Waals surface area contributed by atoms with Gasteiger partial charge >= 0.3 is 0 Å². The van der Waals surface area contributed by atoms with Gasteiger partial charge in [0.25, 0.3) is 0 Å². The maximum atomic E-state index is 12.0. The Morgan fingerprint density at radius 3 is 2.00 bits per heavy atom. The van der Waals surface area contributed by atoms with Gasteiger partial charge in [-0.2, -0.15) is 0 Å². The maximum absolute atomic E-state index is 12.0. The molecule has 2 aromatic rings. The molecule has 0 unspecified atom stereocenters. The largest absolute Gasteiger partial charge is 0.400 e. The molecule has 0 spiro atoms. The molecule has 1 aliphatic rings. The van der Waals surface area contributed by atoms with Crippen LogP contribution >= 0.6 is 0 Å². The zero-order valence-corrected chi connectivity index (χ0v) is 24.1. The molecule has 36 heavy (non-hydrogen) atoms. The maximum Gasteiger partial charge on any atom is 0.152 e. The van der Waals surface area contributed by atoms with Crippen LogP contribution in [0.5, 0.6) is 0 Å². The van der Waals surface area contributed by atoms with Crippen molar-refractivity contribution in [2.75, 3.05) is 7.11 Å². The summed E-state index contributed by atoms with van der Waals surface area (Å²) in [6.45, 7) is 19.5. The molecule has 0 amide bonds. The van der Waals surface area contributed by atoms with Crippen LogP contribution < -0.4 is 0 Å². The molecule has 4 nitrogen and oxygen atoms in total. The first-order chi connectivity index (χ1) is 17.2. The van der Waals surface area contributed by atoms with E-state index >= 15 is 0 Å². The van der Waals surface area contributed by atoms with E-state index in [1.807, 2.05) is 67.5 Å². The van der Waals surface area contributed by atoms with Crippen LogP contribution in [0, 0.1) is 6.92 Å². The smallest absolute Gasteiger partial charge is 0.152 e. The number of rotatable bonds is 4. The monoisotopic (exact) mass is 491 g/mol. The van der Waals surface area contributed by atoms with Gasteiger partial charge in [0.15, 0.2) is 5.78 Å². The van der Waals surface area contributed by atoms with Gasteiger partial charge in [-0.25, -0.2) is 0 Å². The molecule has 1 atom stereocenters. The number of benzene rings is 2. The van der Waals surface area contributed by atoms with Gasteiger partial charge in [-0.1, -0.05) is 75.7 Å². The van der Waals surface area contributed by atoms with Crippen LogP contribution in [-0.2, 0) is 15.0 Å². The number of allylic oxidation sites excluding steroid dienone is 2. The molecule has 4 heteroatoms. The molecule has 2 aromatic carbocycles. The third-order valence-electron chi connectivity index (χ3n) is 5.66. The molecular formula is C32H45NO3. The second-order valence-electron chi connectivity index (χ2n) is 8.53. The number of aliphatic hydroxyl groups is 1. The van der Waals surface area contributed by atoms with E-state index < -0.39 is 5.41 Å². The topological polar surface area (TPSA) is 66.7 Å². The van der Waals surface area contributed by atoms with Crippen molar-refractivity contribution in [1.29, 1.82) is 0 Å². The molecule has 0 fully saturated rings. The number of carbonyl (C=O) groups is 2. The Labute approximate surface area is 218 Å². The Morgan fingerprint density at radius 2 is 1.53 bits per heavy atom. The number of nitrogens with zero attached hydrogens (tertiary/aromatic N) is 1. The highest BCUT2D eigenvalue weighted by Crippen LogP contribution is 2.37. The lowest BCUT2D eigenvalue weighted by molar-refractivity contribution is -0.113. The highest BCUT2D eigenvalue weighted by Gasteiger charge is 2.28. The molecule has 0 saturated carbocycles. The zero-order chi connectivity index (χ0) is 28.1. The van der Waals surface area contributed by atoms with E-state index in [4.69, 9.17) is 10.1 Å². The van der Waals surface area contributed by atoms with Crippen LogP contribution in [0.1, 0.15) is 90.1 Å². The quantitative estimate of drug-likeness (QED) is 0.361. The fourth-order valence-corrected chi connectivity index (χ4v) is 3.84. The molecule has 1 N–H and O–H groups in total. The number of aliphatic imine (C=N–C) groups is 1. The van der Waals surface area contributed by atoms with E-state index in [9.17, 15) is 9.59 Å². The SMILES string of the molecule is C/C=C1\C(=C/C(C)=O)[C@H](C)N=C(c2ccc(C)cc2)c2ccc(C(C)(C)C=O)cc21.CC.CC.CO. The Bertz CT molecular complexity index is 1090. The highest BCUT2D eigenvalue weighted by molar-refractivity contribution is 6.17. The zero-order valence-electron chi connectivity index (χ0n) is 24.1. The van der Waals surface area contributed by atoms with Gasteiger partial charge in [0, 0.05) is 23.7 Å². The number of hydrogen-bond donors (Lipinski definition) is 1. The van der Waals surface area contributed by atoms with Crippen molar-refractivity contribution in [3.8, 4) is 0 Å². The van der Waals surface area contributed by atoms with Crippen LogP contribution in [-0.4, -0.2) is 36.0 Å². The summed E-state index contributed by atoms with van der Waals surface area (Å²) in [5.74, 6) is -0.00360. The Hall–Kier alpha value is -3.11. The van der Waals surface area contributed by atoms with Crippen molar-refractivity contribution in [3.63, 3.8) is 0 Å². The van der Waals surface area contributed by atoms with Gasteiger partial charge in [0.2, 0.25) is 0 Å². The van der Waals surface area contributed by atoms with Gasteiger partial charge in [0.05, 0.1) is 11.8 Å². The molecular weight excluding hydrogens is 446 g/mol. The first-order valence-corrected chi connectivity index (χ1v) is 12.8. The minimum atomic E-state index is -0.600. The standard InChI is InChI=1S/C27H29NO2.2C2H6.CH4O/c1-7-22-24(14-18(3)30)19(4)28-26(20-10-8-17(2)9-11-20)23-13-12-21(15-25(22)23)27(5,6)16-29;3*1-2/h7-16,19H,1-6H3;2*1-2H3;2H,1H3/b22-7+,24-14-;;;/t19-;;;/m0.../s1. The number of hydrogen-bond acceptors (Lipinski definition) is 4. The minimum Gasteiger partial charge on any atom is -0.400 e. The fourth-order valence-electron chi connectivity index (χ4n) is 3.84. The predicted molar refractivity (Wildman–Crippen MR) is 155 cm³/mol. The van der Waals surface area contributed by atoms with Crippen LogP contribution in [0.2, 0.25) is 0 Å². The number of aryl methyl sites for hydroxylation is 1. The summed E-state index contributed by atoms with van der Waals surface area (Å²) in [6, 6.07) is 14.3. The van der Waals surface area contributed by atoms with Crippen molar-refractivity contribution in [2.45, 2.75) is 80.7 Å². The molecule has 1 heterocycles. The van der Waals surface area contributed by atoms with E-state index in [1.165, 1.54) is 5.56 Å². The van der Waals surface area contributed by atoms with Crippen LogP contribution in [0.15, 0.2) is 65.2 Å². The molecule has 0 radical (unpaired) electrons. The Morgan fingerprint density at radius 1 is 0.972 bits per heavy atom. The van der Waals surface area contributed by atoms with E-state index in [2.05, 4.69) is 43.3 Å². The summed E-state index contributed by atoms with van der Waals surface area (Å²) in [7, 11) is 1.00. The van der Waals surface area contributed by atoms with E-state index in [-0.39, 0.29) is 11.8 Å². The van der Waals surface area contributed by atoms with E-state index in [0.29, 0.717) is 0 Å². The summed E-state index contributed by atoms with van der Waals surface area (Å²) in [5, 5.41) is 7.00. The second-order valence-corrected chi connectivity index (χ2v) is 8.53. The van der Waals surface area contributed by atoms with E-state index in [0.717, 1.165) is 52.5 Å². The first kappa shape index (κ1) is 32.9. The molecule has 3 rings (SSSR count). The summed E-state index contributed by atoms with van der Waals surface area (Å²) in [5.41, 5.74) is 7.37. The van der Waals surface area contributed by atoms with Crippen molar-refractivity contribution < 1.29 is 14.7 Å². The third kappa shape index (κ3) is 7.96. The summed E-state index contributed by atoms with van der Waals surface area (Å²) in [4.78, 5) is 28.8. The normalized spacial score (nSPS) is 16.6. The van der Waals surface area contributed by atoms with Gasteiger partial charge in [0.1, 0.15) is 6.29 Å². The van der Waals surface area contributed by atoms with E-state index in [1.54, 1.807) is 13.0 Å². The van der Waals surface area contributed by atoms with Gasteiger partial charge in [-0.15, -0.1) is 0 Å². The van der Waals surface area contributed by atoms with Crippen LogP contribution in [0.4, 0.5) is 0 Å².